The van der Waals surface area contributed by atoms with Gasteiger partial charge in [-0.2, -0.15) is 18.3 Å². The molecule has 4 aromatic rings. The number of nitrogens with zero attached hydrogens (tertiary/aromatic N) is 4. The van der Waals surface area contributed by atoms with Gasteiger partial charge in [0, 0.05) is 22.7 Å². The molecule has 170 valence electrons. The maximum absolute atomic E-state index is 15.0. The Morgan fingerprint density at radius 2 is 2.03 bits per heavy atom. The summed E-state index contributed by atoms with van der Waals surface area (Å²) in [6, 6.07) is 0. The van der Waals surface area contributed by atoms with Crippen LogP contribution >= 0.6 is 11.6 Å². The fraction of sp³-hybridized carbons (Fsp3) is 0.200. The lowest BCUT2D eigenvalue weighted by Gasteiger charge is -2.15. The number of anilines is 1. The normalized spacial score (nSPS) is 18.1. The maximum Gasteiger partial charge on any atom is 0.416 e. The summed E-state index contributed by atoms with van der Waals surface area (Å²) >= 11 is 6.16. The van der Waals surface area contributed by atoms with Gasteiger partial charge in [0.15, 0.2) is 17.3 Å². The SMILES string of the molecule is C=C(c1c(F)c(Cl)c(-c2cn3cc(NC(=O)[C@@H]4C[C@@H]4F)nc3cn2)c2cn[nH]c12)C(F)(F)F. The van der Waals surface area contributed by atoms with Crippen LogP contribution in [0.3, 0.4) is 0 Å². The van der Waals surface area contributed by atoms with Gasteiger partial charge in [0.05, 0.1) is 46.3 Å². The number of carbonyl (C=O) groups excluding carboxylic acids is 1. The molecule has 2 atom stereocenters. The number of H-pyrrole nitrogens is 1. The van der Waals surface area contributed by atoms with Gasteiger partial charge in [-0.1, -0.05) is 18.2 Å². The highest BCUT2D eigenvalue weighted by atomic mass is 35.5. The standard InChI is InChI=1S/C20H12ClF5N6O/c1-7(20(24,25)26)14-17(23)16(21)15(9-3-28-31-18(9)14)11-5-32-6-12(29-13(32)4-27-11)30-19(33)8-2-10(8)22/h3-6,8,10H,1-2H2,(H,28,31)(H,30,33)/t8-,10+/m1/s1. The van der Waals surface area contributed by atoms with Crippen LogP contribution in [0.5, 0.6) is 0 Å². The number of nitrogens with one attached hydrogen (secondary N) is 2. The second kappa shape index (κ2) is 7.24. The number of aromatic amines is 1. The average Bonchev–Trinajstić information content (AvgIpc) is 3.11. The molecule has 13 heteroatoms. The number of alkyl halides is 4. The molecule has 1 aliphatic carbocycles. The predicted octanol–water partition coefficient (Wildman–Crippen LogP) is 4.94. The molecule has 7 nitrogen and oxygen atoms in total. The van der Waals surface area contributed by atoms with Crippen LogP contribution in [0.15, 0.2) is 31.4 Å². The highest BCUT2D eigenvalue weighted by molar-refractivity contribution is 6.35. The van der Waals surface area contributed by atoms with Gasteiger partial charge < -0.3 is 9.72 Å². The second-order valence-corrected chi connectivity index (χ2v) is 7.90. The lowest BCUT2D eigenvalue weighted by atomic mass is 9.98. The van der Waals surface area contributed by atoms with E-state index in [2.05, 4.69) is 32.1 Å². The van der Waals surface area contributed by atoms with E-state index in [1.165, 1.54) is 29.2 Å². The molecule has 0 spiro atoms. The zero-order valence-corrected chi connectivity index (χ0v) is 17.1. The first kappa shape index (κ1) is 21.3. The van der Waals surface area contributed by atoms with E-state index < -0.39 is 46.1 Å². The monoisotopic (exact) mass is 482 g/mol. The van der Waals surface area contributed by atoms with Gasteiger partial charge in [-0.05, 0) is 6.42 Å². The lowest BCUT2D eigenvalue weighted by molar-refractivity contribution is -0.117. The highest BCUT2D eigenvalue weighted by Crippen LogP contribution is 2.44. The summed E-state index contributed by atoms with van der Waals surface area (Å²) in [5.74, 6) is -2.37. The number of amides is 1. The molecular weight excluding hydrogens is 471 g/mol. The zero-order chi connectivity index (χ0) is 23.7. The van der Waals surface area contributed by atoms with E-state index in [1.54, 1.807) is 0 Å². The Balaban J connectivity index is 1.60. The largest absolute Gasteiger partial charge is 0.416 e. The molecule has 1 amide bonds. The number of fused-ring (bicyclic) bond motifs is 2. The number of aromatic nitrogens is 5. The van der Waals surface area contributed by atoms with Crippen LogP contribution in [0.25, 0.3) is 33.4 Å². The Morgan fingerprint density at radius 3 is 2.70 bits per heavy atom. The zero-order valence-electron chi connectivity index (χ0n) is 16.3. The van der Waals surface area contributed by atoms with Crippen molar-refractivity contribution < 1.29 is 26.7 Å². The molecule has 2 N–H and O–H groups in total. The first-order valence-corrected chi connectivity index (χ1v) is 9.84. The maximum atomic E-state index is 15.0. The summed E-state index contributed by atoms with van der Waals surface area (Å²) in [7, 11) is 0. The van der Waals surface area contributed by atoms with Gasteiger partial charge in [-0.15, -0.1) is 0 Å². The molecule has 5 rings (SSSR count). The van der Waals surface area contributed by atoms with E-state index >= 15 is 4.39 Å². The van der Waals surface area contributed by atoms with E-state index in [1.807, 2.05) is 0 Å². The molecule has 1 saturated carbocycles. The molecule has 0 saturated heterocycles. The minimum atomic E-state index is -4.89. The molecule has 0 aliphatic heterocycles. The third-order valence-electron chi connectivity index (χ3n) is 5.33. The number of imidazole rings is 1. The molecule has 0 bridgehead atoms. The summed E-state index contributed by atoms with van der Waals surface area (Å²) in [4.78, 5) is 20.3. The van der Waals surface area contributed by atoms with E-state index in [4.69, 9.17) is 11.6 Å². The number of allylic oxidation sites excluding steroid dienone is 1. The van der Waals surface area contributed by atoms with Crippen molar-refractivity contribution in [1.82, 2.24) is 24.6 Å². The molecule has 1 aromatic carbocycles. The van der Waals surface area contributed by atoms with Crippen LogP contribution in [0.4, 0.5) is 27.8 Å². The Morgan fingerprint density at radius 1 is 1.30 bits per heavy atom. The predicted molar refractivity (Wildman–Crippen MR) is 110 cm³/mol. The van der Waals surface area contributed by atoms with Crippen LogP contribution < -0.4 is 5.32 Å². The Hall–Kier alpha value is -3.54. The molecule has 3 aromatic heterocycles. The fourth-order valence-corrected chi connectivity index (χ4v) is 3.83. The van der Waals surface area contributed by atoms with Gasteiger partial charge in [-0.3, -0.25) is 14.9 Å². The van der Waals surface area contributed by atoms with Crippen molar-refractivity contribution in [1.29, 1.82) is 0 Å². The summed E-state index contributed by atoms with van der Waals surface area (Å²) in [6.45, 7) is 2.96. The first-order chi connectivity index (χ1) is 15.6. The second-order valence-electron chi connectivity index (χ2n) is 7.52. The average molecular weight is 483 g/mol. The van der Waals surface area contributed by atoms with Gasteiger partial charge >= 0.3 is 6.18 Å². The summed E-state index contributed by atoms with van der Waals surface area (Å²) < 4.78 is 69.3. The minimum absolute atomic E-state index is 0.0103. The third kappa shape index (κ3) is 3.50. The van der Waals surface area contributed by atoms with E-state index in [9.17, 15) is 22.4 Å². The Bertz CT molecular complexity index is 1460. The summed E-state index contributed by atoms with van der Waals surface area (Å²) in [5, 5.41) is 8.12. The van der Waals surface area contributed by atoms with E-state index in [0.29, 0.717) is 5.65 Å². The minimum Gasteiger partial charge on any atom is -0.309 e. The summed E-state index contributed by atoms with van der Waals surface area (Å²) in [5.41, 5.74) is -2.04. The van der Waals surface area contributed by atoms with Crippen molar-refractivity contribution in [2.75, 3.05) is 5.32 Å². The number of hydrogen-bond acceptors (Lipinski definition) is 4. The molecule has 1 aliphatic rings. The van der Waals surface area contributed by atoms with Gasteiger partial charge in [0.1, 0.15) is 6.17 Å². The van der Waals surface area contributed by atoms with Crippen molar-refractivity contribution in [3.8, 4) is 11.3 Å². The topological polar surface area (TPSA) is 88.0 Å². The molecule has 3 heterocycles. The molecule has 0 unspecified atom stereocenters. The van der Waals surface area contributed by atoms with Gasteiger partial charge in [0.2, 0.25) is 5.91 Å². The number of hydrogen-bond donors (Lipinski definition) is 2. The van der Waals surface area contributed by atoms with Crippen LogP contribution in [-0.4, -0.2) is 42.8 Å². The van der Waals surface area contributed by atoms with Crippen LogP contribution in [0, 0.1) is 11.7 Å². The van der Waals surface area contributed by atoms with Crippen molar-refractivity contribution in [3.63, 3.8) is 0 Å². The first-order valence-electron chi connectivity index (χ1n) is 9.46. The molecule has 1 fully saturated rings. The molecule has 33 heavy (non-hydrogen) atoms. The number of carbonyl (C=O) groups is 1. The molecular formula is C20H12ClF5N6O. The van der Waals surface area contributed by atoms with Crippen LogP contribution in [0.2, 0.25) is 5.02 Å². The van der Waals surface area contributed by atoms with Gasteiger partial charge in [0.25, 0.3) is 0 Å². The van der Waals surface area contributed by atoms with E-state index in [0.717, 1.165) is 0 Å². The lowest BCUT2D eigenvalue weighted by Crippen LogP contribution is -2.15. The smallest absolute Gasteiger partial charge is 0.309 e. The van der Waals surface area contributed by atoms with Crippen molar-refractivity contribution in [2.45, 2.75) is 18.8 Å². The number of rotatable bonds is 4. The van der Waals surface area contributed by atoms with E-state index in [-0.39, 0.29) is 34.4 Å². The van der Waals surface area contributed by atoms with Crippen molar-refractivity contribution in [2.24, 2.45) is 5.92 Å². The van der Waals surface area contributed by atoms with Crippen LogP contribution in [-0.2, 0) is 4.79 Å². The summed E-state index contributed by atoms with van der Waals surface area (Å²) in [6.07, 6.45) is -0.530. The highest BCUT2D eigenvalue weighted by Gasteiger charge is 2.44. The van der Waals surface area contributed by atoms with Gasteiger partial charge in [-0.25, -0.2) is 13.8 Å². The number of halogens is 6. The molecule has 0 radical (unpaired) electrons. The number of benzene rings is 1. The third-order valence-corrected chi connectivity index (χ3v) is 5.69. The van der Waals surface area contributed by atoms with Crippen molar-refractivity contribution in [3.05, 3.63) is 47.8 Å². The fourth-order valence-electron chi connectivity index (χ4n) is 3.53. The Labute approximate surface area is 186 Å². The van der Waals surface area contributed by atoms with Crippen LogP contribution in [0.1, 0.15) is 12.0 Å². The Kier molecular flexibility index (Phi) is 4.67. The quantitative estimate of drug-likeness (QED) is 0.403. The van der Waals surface area contributed by atoms with Crippen molar-refractivity contribution >= 4 is 45.4 Å².